The number of esters is 1. The second-order valence-electron chi connectivity index (χ2n) is 7.57. The number of benzene rings is 1. The number of nitrogens with one attached hydrogen (secondary N) is 1. The van der Waals surface area contributed by atoms with Crippen LogP contribution in [0.25, 0.3) is 0 Å². The molecule has 0 aliphatic carbocycles. The number of carbonyl (C=O) groups excluding carboxylic acids is 2. The molecule has 1 aliphatic rings. The van der Waals surface area contributed by atoms with Gasteiger partial charge in [0, 0.05) is 0 Å². The van der Waals surface area contributed by atoms with Crippen molar-refractivity contribution < 1.29 is 27.5 Å². The highest BCUT2D eigenvalue weighted by atomic mass is 32.2. The number of sulfone groups is 1. The zero-order valence-corrected chi connectivity index (χ0v) is 17.0. The quantitative estimate of drug-likeness (QED) is 0.704. The predicted molar refractivity (Wildman–Crippen MR) is 102 cm³/mol. The Kier molecular flexibility index (Phi) is 6.51. The third kappa shape index (κ3) is 6.23. The standard InChI is InChI=1S/C19H27NO6S/c1-13(2)16-6-5-15(9-14(16)3)25-11-18(22)26-10-17(21)20-19(4)7-8-27(23,24)12-19/h5-6,9,13H,7-8,10-12H2,1-4H3,(H,20,21)/t19-/m1/s1. The maximum atomic E-state index is 11.9. The maximum Gasteiger partial charge on any atom is 0.344 e. The van der Waals surface area contributed by atoms with E-state index >= 15 is 0 Å². The van der Waals surface area contributed by atoms with E-state index in [-0.39, 0.29) is 18.1 Å². The van der Waals surface area contributed by atoms with Crippen LogP contribution in [0.1, 0.15) is 44.2 Å². The lowest BCUT2D eigenvalue weighted by atomic mass is 9.98. The van der Waals surface area contributed by atoms with Crippen LogP contribution >= 0.6 is 0 Å². The Morgan fingerprint density at radius 3 is 2.52 bits per heavy atom. The summed E-state index contributed by atoms with van der Waals surface area (Å²) >= 11 is 0. The zero-order valence-electron chi connectivity index (χ0n) is 16.2. The minimum Gasteiger partial charge on any atom is -0.482 e. The van der Waals surface area contributed by atoms with Crippen LogP contribution in [-0.2, 0) is 24.2 Å². The van der Waals surface area contributed by atoms with Gasteiger partial charge in [0.25, 0.3) is 5.91 Å². The minimum absolute atomic E-state index is 0.0480. The lowest BCUT2D eigenvalue weighted by Gasteiger charge is -2.23. The number of rotatable bonds is 7. The smallest absolute Gasteiger partial charge is 0.344 e. The Bertz CT molecular complexity index is 817. The number of carbonyl (C=O) groups is 2. The second-order valence-corrected chi connectivity index (χ2v) is 9.76. The normalized spacial score (nSPS) is 21.1. The molecule has 1 fully saturated rings. The largest absolute Gasteiger partial charge is 0.482 e. The minimum atomic E-state index is -3.12. The summed E-state index contributed by atoms with van der Waals surface area (Å²) in [5.74, 6) is -0.290. The Balaban J connectivity index is 1.76. The molecule has 1 heterocycles. The molecule has 7 nitrogen and oxygen atoms in total. The average Bonchev–Trinajstić information content (AvgIpc) is 2.83. The summed E-state index contributed by atoms with van der Waals surface area (Å²) in [6.07, 6.45) is 0.351. The molecule has 2 rings (SSSR count). The van der Waals surface area contributed by atoms with E-state index in [1.54, 1.807) is 13.0 Å². The Labute approximate surface area is 160 Å². The van der Waals surface area contributed by atoms with Crippen molar-refractivity contribution in [2.45, 2.75) is 45.6 Å². The third-order valence-corrected chi connectivity index (χ3v) is 6.43. The van der Waals surface area contributed by atoms with E-state index in [9.17, 15) is 18.0 Å². The fourth-order valence-electron chi connectivity index (χ4n) is 3.20. The first kappa shape index (κ1) is 21.2. The third-order valence-electron chi connectivity index (χ3n) is 4.53. The van der Waals surface area contributed by atoms with Gasteiger partial charge in [-0.25, -0.2) is 13.2 Å². The van der Waals surface area contributed by atoms with Crippen molar-refractivity contribution >= 4 is 21.7 Å². The van der Waals surface area contributed by atoms with Crippen LogP contribution < -0.4 is 10.1 Å². The summed E-state index contributed by atoms with van der Waals surface area (Å²) in [5.41, 5.74) is 1.48. The van der Waals surface area contributed by atoms with E-state index in [1.165, 1.54) is 5.56 Å². The van der Waals surface area contributed by atoms with Gasteiger partial charge >= 0.3 is 5.97 Å². The highest BCUT2D eigenvalue weighted by Gasteiger charge is 2.39. The fraction of sp³-hybridized carbons (Fsp3) is 0.579. The lowest BCUT2D eigenvalue weighted by molar-refractivity contribution is -0.150. The number of amides is 1. The van der Waals surface area contributed by atoms with Crippen LogP contribution in [-0.4, -0.2) is 50.6 Å². The molecule has 0 radical (unpaired) electrons. The summed E-state index contributed by atoms with van der Waals surface area (Å²) in [6.45, 7) is 7.08. The van der Waals surface area contributed by atoms with Gasteiger partial charge in [-0.15, -0.1) is 0 Å². The van der Waals surface area contributed by atoms with E-state index in [1.807, 2.05) is 19.1 Å². The van der Waals surface area contributed by atoms with Crippen molar-refractivity contribution in [2.24, 2.45) is 0 Å². The van der Waals surface area contributed by atoms with Gasteiger partial charge in [0.2, 0.25) is 0 Å². The van der Waals surface area contributed by atoms with Gasteiger partial charge in [-0.3, -0.25) is 4.79 Å². The zero-order chi connectivity index (χ0) is 20.2. The molecular formula is C19H27NO6S. The molecule has 1 aliphatic heterocycles. The van der Waals surface area contributed by atoms with Crippen molar-refractivity contribution in [3.8, 4) is 5.75 Å². The molecule has 1 amide bonds. The van der Waals surface area contributed by atoms with Gasteiger partial charge in [-0.05, 0) is 49.4 Å². The monoisotopic (exact) mass is 397 g/mol. The molecule has 27 heavy (non-hydrogen) atoms. The molecule has 150 valence electrons. The number of hydrogen-bond acceptors (Lipinski definition) is 6. The Morgan fingerprint density at radius 1 is 1.26 bits per heavy atom. The van der Waals surface area contributed by atoms with E-state index in [0.717, 1.165) is 5.56 Å². The number of hydrogen-bond donors (Lipinski definition) is 1. The highest BCUT2D eigenvalue weighted by molar-refractivity contribution is 7.91. The van der Waals surface area contributed by atoms with Crippen molar-refractivity contribution in [3.05, 3.63) is 29.3 Å². The van der Waals surface area contributed by atoms with E-state index < -0.39 is 33.9 Å². The molecular weight excluding hydrogens is 370 g/mol. The fourth-order valence-corrected chi connectivity index (χ4v) is 5.29. The molecule has 0 spiro atoms. The van der Waals surface area contributed by atoms with Crippen molar-refractivity contribution in [3.63, 3.8) is 0 Å². The van der Waals surface area contributed by atoms with E-state index in [0.29, 0.717) is 18.1 Å². The van der Waals surface area contributed by atoms with Crippen molar-refractivity contribution in [1.82, 2.24) is 5.32 Å². The van der Waals surface area contributed by atoms with Crippen LogP contribution in [0.5, 0.6) is 5.75 Å². The van der Waals surface area contributed by atoms with Gasteiger partial charge in [-0.2, -0.15) is 0 Å². The van der Waals surface area contributed by atoms with Crippen LogP contribution in [0.2, 0.25) is 0 Å². The summed E-state index contributed by atoms with van der Waals surface area (Å²) in [7, 11) is -3.12. The molecule has 0 bridgehead atoms. The van der Waals surface area contributed by atoms with Crippen LogP contribution in [0.4, 0.5) is 0 Å². The first-order valence-corrected chi connectivity index (χ1v) is 10.7. The first-order chi connectivity index (χ1) is 12.5. The summed E-state index contributed by atoms with van der Waals surface area (Å²) in [5, 5.41) is 2.63. The van der Waals surface area contributed by atoms with E-state index in [2.05, 4.69) is 19.2 Å². The molecule has 0 unspecified atom stereocenters. The first-order valence-electron chi connectivity index (χ1n) is 8.90. The second kappa shape index (κ2) is 8.29. The maximum absolute atomic E-state index is 11.9. The van der Waals surface area contributed by atoms with Gasteiger partial charge in [0.05, 0.1) is 17.0 Å². The number of aryl methyl sites for hydroxylation is 1. The molecule has 0 saturated carbocycles. The van der Waals surface area contributed by atoms with E-state index in [4.69, 9.17) is 9.47 Å². The molecule has 8 heteroatoms. The highest BCUT2D eigenvalue weighted by Crippen LogP contribution is 2.24. The molecule has 1 saturated heterocycles. The number of ether oxygens (including phenoxy) is 2. The topological polar surface area (TPSA) is 98.8 Å². The molecule has 1 aromatic rings. The summed E-state index contributed by atoms with van der Waals surface area (Å²) in [6, 6.07) is 5.62. The average molecular weight is 397 g/mol. The molecule has 1 N–H and O–H groups in total. The van der Waals surface area contributed by atoms with Crippen molar-refractivity contribution in [2.75, 3.05) is 24.7 Å². The molecule has 0 aromatic heterocycles. The Hall–Kier alpha value is -2.09. The van der Waals surface area contributed by atoms with Crippen LogP contribution in [0.3, 0.4) is 0 Å². The predicted octanol–water partition coefficient (Wildman–Crippen LogP) is 1.73. The van der Waals surface area contributed by atoms with Gasteiger partial charge in [-0.1, -0.05) is 19.9 Å². The van der Waals surface area contributed by atoms with Gasteiger partial charge < -0.3 is 14.8 Å². The molecule has 1 atom stereocenters. The van der Waals surface area contributed by atoms with Crippen LogP contribution in [0.15, 0.2) is 18.2 Å². The molecule has 1 aromatic carbocycles. The lowest BCUT2D eigenvalue weighted by Crippen LogP contribution is -2.48. The Morgan fingerprint density at radius 2 is 1.96 bits per heavy atom. The van der Waals surface area contributed by atoms with Gasteiger partial charge in [0.1, 0.15) is 5.75 Å². The SMILES string of the molecule is Cc1cc(OCC(=O)OCC(=O)N[C@]2(C)CCS(=O)(=O)C2)ccc1C(C)C. The van der Waals surface area contributed by atoms with Crippen LogP contribution in [0, 0.1) is 6.92 Å². The van der Waals surface area contributed by atoms with Gasteiger partial charge in [0.15, 0.2) is 23.1 Å². The summed E-state index contributed by atoms with van der Waals surface area (Å²) < 4.78 is 33.4. The van der Waals surface area contributed by atoms with Crippen molar-refractivity contribution in [1.29, 1.82) is 0 Å². The summed E-state index contributed by atoms with van der Waals surface area (Å²) in [4.78, 5) is 23.7.